The van der Waals surface area contributed by atoms with Crippen LogP contribution in [0.25, 0.3) is 21.5 Å². The molecule has 1 atom stereocenters. The van der Waals surface area contributed by atoms with Crippen molar-refractivity contribution in [2.75, 3.05) is 38.1 Å². The molecule has 0 saturated carbocycles. The predicted molar refractivity (Wildman–Crippen MR) is 99.1 cm³/mol. The number of anilines is 1. The zero-order chi connectivity index (χ0) is 18.8. The number of hydrogen-bond donors (Lipinski definition) is 1. The lowest BCUT2D eigenvalue weighted by Gasteiger charge is -2.25. The molecule has 4 heterocycles. The number of amides is 1. The van der Waals surface area contributed by atoms with Crippen LogP contribution in [0.3, 0.4) is 0 Å². The molecule has 0 aliphatic carbocycles. The fourth-order valence-electron chi connectivity index (χ4n) is 2.67. The summed E-state index contributed by atoms with van der Waals surface area (Å²) in [5, 5.41) is 13.6. The van der Waals surface area contributed by atoms with E-state index < -0.39 is 6.58 Å². The summed E-state index contributed by atoms with van der Waals surface area (Å²) in [6.45, 7) is 3.05. The SMILES string of the molecule is [2H]C1CN(CC(=O)Nc2cc3cc(-c4nnc(C)s4)cnc3cn2)CCO1. The zero-order valence-electron chi connectivity index (χ0n) is 15.2. The Kier molecular flexibility index (Phi) is 4.48. The molecule has 0 aromatic carbocycles. The van der Waals surface area contributed by atoms with Crippen LogP contribution >= 0.6 is 11.3 Å². The summed E-state index contributed by atoms with van der Waals surface area (Å²) in [6.07, 6.45) is 3.38. The van der Waals surface area contributed by atoms with Gasteiger partial charge in [0.2, 0.25) is 5.91 Å². The number of carbonyl (C=O) groups is 1. The first-order valence-electron chi connectivity index (χ1n) is 8.77. The van der Waals surface area contributed by atoms with Gasteiger partial charge in [-0.2, -0.15) is 0 Å². The molecule has 0 bridgehead atoms. The van der Waals surface area contributed by atoms with Gasteiger partial charge in [-0.15, -0.1) is 10.2 Å². The molecule has 1 N–H and O–H groups in total. The van der Waals surface area contributed by atoms with Gasteiger partial charge in [-0.25, -0.2) is 4.98 Å². The Morgan fingerprint density at radius 3 is 3.08 bits per heavy atom. The van der Waals surface area contributed by atoms with Gasteiger partial charge in [0.15, 0.2) is 0 Å². The lowest BCUT2D eigenvalue weighted by Crippen LogP contribution is -2.41. The first kappa shape index (κ1) is 15.7. The highest BCUT2D eigenvalue weighted by molar-refractivity contribution is 7.14. The van der Waals surface area contributed by atoms with Crippen LogP contribution in [0.4, 0.5) is 5.82 Å². The van der Waals surface area contributed by atoms with E-state index in [4.69, 9.17) is 6.11 Å². The van der Waals surface area contributed by atoms with Crippen LogP contribution in [-0.4, -0.2) is 63.8 Å². The molecule has 1 amide bonds. The molecule has 1 saturated heterocycles. The fourth-order valence-corrected chi connectivity index (χ4v) is 3.35. The number of pyridine rings is 2. The van der Waals surface area contributed by atoms with Crippen LogP contribution < -0.4 is 5.32 Å². The van der Waals surface area contributed by atoms with Crippen LogP contribution in [0.1, 0.15) is 6.38 Å². The minimum Gasteiger partial charge on any atom is -0.379 e. The number of carbonyl (C=O) groups excluding carboxylic acids is 1. The number of morpholine rings is 1. The molecule has 0 radical (unpaired) electrons. The first-order chi connectivity index (χ1) is 13.1. The Morgan fingerprint density at radius 2 is 2.27 bits per heavy atom. The molecule has 26 heavy (non-hydrogen) atoms. The van der Waals surface area contributed by atoms with Crippen LogP contribution in [0.2, 0.25) is 0 Å². The van der Waals surface area contributed by atoms with Gasteiger partial charge in [-0.1, -0.05) is 11.3 Å². The largest absolute Gasteiger partial charge is 0.379 e. The van der Waals surface area contributed by atoms with Gasteiger partial charge in [0.1, 0.15) is 15.8 Å². The Hall–Kier alpha value is -2.49. The van der Waals surface area contributed by atoms with Crippen molar-refractivity contribution >= 4 is 34.0 Å². The lowest BCUT2D eigenvalue weighted by molar-refractivity contribution is -0.118. The van der Waals surface area contributed by atoms with E-state index in [2.05, 4.69) is 25.5 Å². The zero-order valence-corrected chi connectivity index (χ0v) is 15.0. The number of fused-ring (bicyclic) bond motifs is 1. The van der Waals surface area contributed by atoms with Gasteiger partial charge in [0, 0.05) is 30.2 Å². The van der Waals surface area contributed by atoms with E-state index in [9.17, 15) is 4.79 Å². The second kappa shape index (κ2) is 7.40. The minimum atomic E-state index is -0.598. The van der Waals surface area contributed by atoms with E-state index in [1.165, 1.54) is 11.3 Å². The first-order valence-corrected chi connectivity index (χ1v) is 9.01. The Morgan fingerprint density at radius 1 is 1.35 bits per heavy atom. The quantitative estimate of drug-likeness (QED) is 0.746. The van der Waals surface area contributed by atoms with Crippen molar-refractivity contribution in [2.24, 2.45) is 0 Å². The number of aryl methyl sites for hydroxylation is 1. The topological polar surface area (TPSA) is 93.1 Å². The van der Waals surface area contributed by atoms with Crippen molar-refractivity contribution in [1.82, 2.24) is 25.1 Å². The molecule has 3 aromatic rings. The van der Waals surface area contributed by atoms with Gasteiger partial charge >= 0.3 is 0 Å². The molecule has 8 nitrogen and oxygen atoms in total. The van der Waals surface area contributed by atoms with Crippen LogP contribution in [0, 0.1) is 6.92 Å². The molecular formula is C17H18N6O2S. The molecule has 1 aliphatic rings. The average Bonchev–Trinajstić information content (AvgIpc) is 3.07. The number of aromatic nitrogens is 4. The van der Waals surface area contributed by atoms with Gasteiger partial charge in [0.05, 0.1) is 32.8 Å². The van der Waals surface area contributed by atoms with Crippen molar-refractivity contribution in [2.45, 2.75) is 6.92 Å². The van der Waals surface area contributed by atoms with E-state index in [1.54, 1.807) is 18.5 Å². The van der Waals surface area contributed by atoms with Gasteiger partial charge < -0.3 is 10.1 Å². The number of ether oxygens (including phenoxy) is 1. The Bertz CT molecular complexity index is 981. The summed E-state index contributed by atoms with van der Waals surface area (Å²) >= 11 is 1.51. The molecule has 3 aromatic heterocycles. The van der Waals surface area contributed by atoms with Crippen molar-refractivity contribution < 1.29 is 10.9 Å². The summed E-state index contributed by atoms with van der Waals surface area (Å²) in [7, 11) is 0. The lowest BCUT2D eigenvalue weighted by atomic mass is 10.2. The highest BCUT2D eigenvalue weighted by Gasteiger charge is 2.15. The van der Waals surface area contributed by atoms with Crippen LogP contribution in [0.15, 0.2) is 24.5 Å². The van der Waals surface area contributed by atoms with Crippen LogP contribution in [0.5, 0.6) is 0 Å². The van der Waals surface area contributed by atoms with E-state index in [0.717, 1.165) is 26.5 Å². The summed E-state index contributed by atoms with van der Waals surface area (Å²) in [4.78, 5) is 22.9. The molecule has 134 valence electrons. The van der Waals surface area contributed by atoms with Gasteiger partial charge in [0.25, 0.3) is 0 Å². The maximum absolute atomic E-state index is 12.3. The van der Waals surface area contributed by atoms with Crippen LogP contribution in [-0.2, 0) is 9.53 Å². The molecular weight excluding hydrogens is 352 g/mol. The summed E-state index contributed by atoms with van der Waals surface area (Å²) in [6, 6.07) is 3.76. The van der Waals surface area contributed by atoms with E-state index in [0.29, 0.717) is 25.5 Å². The predicted octanol–water partition coefficient (Wildman–Crippen LogP) is 1.73. The normalized spacial score (nSPS) is 18.7. The Balaban J connectivity index is 1.49. The third-order valence-corrected chi connectivity index (χ3v) is 4.84. The third-order valence-electron chi connectivity index (χ3n) is 3.95. The highest BCUT2D eigenvalue weighted by atomic mass is 32.1. The molecule has 1 unspecified atom stereocenters. The summed E-state index contributed by atoms with van der Waals surface area (Å²) in [5.41, 5.74) is 1.62. The van der Waals surface area contributed by atoms with Gasteiger partial charge in [-0.3, -0.25) is 14.7 Å². The molecule has 4 rings (SSSR count). The van der Waals surface area contributed by atoms with E-state index in [1.807, 2.05) is 17.9 Å². The minimum absolute atomic E-state index is 0.167. The second-order valence-electron chi connectivity index (χ2n) is 5.93. The number of rotatable bonds is 4. The number of nitrogens with one attached hydrogen (secondary N) is 1. The average molecular weight is 371 g/mol. The maximum atomic E-state index is 12.3. The smallest absolute Gasteiger partial charge is 0.239 e. The van der Waals surface area contributed by atoms with Crippen molar-refractivity contribution in [3.63, 3.8) is 0 Å². The number of hydrogen-bond acceptors (Lipinski definition) is 8. The highest BCUT2D eigenvalue weighted by Crippen LogP contribution is 2.26. The molecule has 0 spiro atoms. The second-order valence-corrected chi connectivity index (χ2v) is 7.11. The van der Waals surface area contributed by atoms with Gasteiger partial charge in [-0.05, 0) is 19.1 Å². The fraction of sp³-hybridized carbons (Fsp3) is 0.353. The Labute approximate surface area is 155 Å². The molecule has 9 heteroatoms. The monoisotopic (exact) mass is 371 g/mol. The van der Waals surface area contributed by atoms with Crippen molar-refractivity contribution in [3.8, 4) is 10.6 Å². The maximum Gasteiger partial charge on any atom is 0.239 e. The standard InChI is InChI=1S/C17H18N6O2S/c1-11-21-22-17(26-11)13-6-12-7-15(19-9-14(12)18-8-13)20-16(24)10-23-2-4-25-5-3-23/h6-9H,2-5,10H2,1H3,(H,19,20,24)/i4D. The van der Waals surface area contributed by atoms with E-state index >= 15 is 0 Å². The summed E-state index contributed by atoms with van der Waals surface area (Å²) in [5.74, 6) is 0.301. The molecule has 1 aliphatic heterocycles. The number of nitrogens with zero attached hydrogens (tertiary/aromatic N) is 5. The molecule has 1 fully saturated rings. The van der Waals surface area contributed by atoms with E-state index in [-0.39, 0.29) is 12.5 Å². The van der Waals surface area contributed by atoms with Crippen molar-refractivity contribution in [3.05, 3.63) is 29.5 Å². The van der Waals surface area contributed by atoms with Crippen molar-refractivity contribution in [1.29, 1.82) is 0 Å². The third kappa shape index (κ3) is 3.85. The summed E-state index contributed by atoms with van der Waals surface area (Å²) < 4.78 is 12.8.